The SMILES string of the molecule is COC(=O)CC(c1ccccc1)C(F)(C(=O)OC)C(=O)OC. The zero-order valence-corrected chi connectivity index (χ0v) is 12.5. The molecule has 0 aromatic heterocycles. The molecule has 1 rings (SSSR count). The van der Waals surface area contributed by atoms with Gasteiger partial charge < -0.3 is 14.2 Å². The topological polar surface area (TPSA) is 78.9 Å². The Morgan fingerprint density at radius 1 is 1.00 bits per heavy atom. The van der Waals surface area contributed by atoms with Crippen LogP contribution in [0.1, 0.15) is 17.9 Å². The van der Waals surface area contributed by atoms with Crippen LogP contribution in [0.25, 0.3) is 0 Å². The van der Waals surface area contributed by atoms with E-state index in [-0.39, 0.29) is 5.56 Å². The van der Waals surface area contributed by atoms with E-state index in [1.165, 1.54) is 12.1 Å². The van der Waals surface area contributed by atoms with Crippen LogP contribution in [-0.4, -0.2) is 44.9 Å². The van der Waals surface area contributed by atoms with Gasteiger partial charge in [0, 0.05) is 0 Å². The molecule has 0 bridgehead atoms. The highest BCUT2D eigenvalue weighted by Gasteiger charge is 2.57. The molecule has 0 heterocycles. The smallest absolute Gasteiger partial charge is 0.356 e. The van der Waals surface area contributed by atoms with E-state index in [1.807, 2.05) is 0 Å². The van der Waals surface area contributed by atoms with Gasteiger partial charge in [-0.2, -0.15) is 0 Å². The molecule has 0 aliphatic heterocycles. The molecule has 1 unspecified atom stereocenters. The summed E-state index contributed by atoms with van der Waals surface area (Å²) in [5, 5.41) is 0. The van der Waals surface area contributed by atoms with Crippen LogP contribution >= 0.6 is 0 Å². The summed E-state index contributed by atoms with van der Waals surface area (Å²) in [5.74, 6) is -5.07. The third-order valence-corrected chi connectivity index (χ3v) is 3.25. The maximum atomic E-state index is 15.3. The maximum Gasteiger partial charge on any atom is 0.356 e. The van der Waals surface area contributed by atoms with Crippen LogP contribution in [0.15, 0.2) is 30.3 Å². The zero-order chi connectivity index (χ0) is 16.8. The summed E-state index contributed by atoms with van der Waals surface area (Å²) < 4.78 is 28.6. The first-order chi connectivity index (χ1) is 10.4. The molecule has 7 heteroatoms. The maximum absolute atomic E-state index is 15.3. The van der Waals surface area contributed by atoms with Crippen molar-refractivity contribution >= 4 is 17.9 Å². The van der Waals surface area contributed by atoms with Crippen molar-refractivity contribution in [3.8, 4) is 0 Å². The van der Waals surface area contributed by atoms with E-state index in [1.54, 1.807) is 18.2 Å². The Morgan fingerprint density at radius 2 is 1.50 bits per heavy atom. The lowest BCUT2D eigenvalue weighted by molar-refractivity contribution is -0.174. The quantitative estimate of drug-likeness (QED) is 0.449. The van der Waals surface area contributed by atoms with E-state index in [0.29, 0.717) is 0 Å². The molecule has 1 aromatic rings. The summed E-state index contributed by atoms with van der Waals surface area (Å²) in [6.45, 7) is 0. The number of benzene rings is 1. The number of hydrogen-bond donors (Lipinski definition) is 0. The highest BCUT2D eigenvalue weighted by molar-refractivity contribution is 6.05. The lowest BCUT2D eigenvalue weighted by atomic mass is 9.81. The average Bonchev–Trinajstić information content (AvgIpc) is 2.57. The van der Waals surface area contributed by atoms with Crippen LogP contribution in [0.5, 0.6) is 0 Å². The van der Waals surface area contributed by atoms with Crippen molar-refractivity contribution in [3.63, 3.8) is 0 Å². The Morgan fingerprint density at radius 3 is 1.91 bits per heavy atom. The van der Waals surface area contributed by atoms with Crippen molar-refractivity contribution in [1.82, 2.24) is 0 Å². The summed E-state index contributed by atoms with van der Waals surface area (Å²) in [4.78, 5) is 35.3. The fraction of sp³-hybridized carbons (Fsp3) is 0.400. The Labute approximate surface area is 127 Å². The summed E-state index contributed by atoms with van der Waals surface area (Å²) in [6.07, 6.45) is -0.527. The molecule has 6 nitrogen and oxygen atoms in total. The first-order valence-corrected chi connectivity index (χ1v) is 6.39. The van der Waals surface area contributed by atoms with Crippen molar-refractivity contribution in [2.24, 2.45) is 0 Å². The van der Waals surface area contributed by atoms with Crippen molar-refractivity contribution < 1.29 is 33.0 Å². The highest BCUT2D eigenvalue weighted by atomic mass is 19.1. The largest absolute Gasteiger partial charge is 0.469 e. The average molecular weight is 312 g/mol. The van der Waals surface area contributed by atoms with Gasteiger partial charge in [-0.1, -0.05) is 30.3 Å². The van der Waals surface area contributed by atoms with Gasteiger partial charge in [0.25, 0.3) is 0 Å². The minimum Gasteiger partial charge on any atom is -0.469 e. The molecule has 0 aliphatic rings. The first-order valence-electron chi connectivity index (χ1n) is 6.39. The third kappa shape index (κ3) is 3.41. The fourth-order valence-electron chi connectivity index (χ4n) is 2.09. The molecular weight excluding hydrogens is 295 g/mol. The summed E-state index contributed by atoms with van der Waals surface area (Å²) in [7, 11) is 3.01. The lowest BCUT2D eigenvalue weighted by Crippen LogP contribution is -2.49. The predicted octanol–water partition coefficient (Wildman–Crippen LogP) is 1.39. The number of hydrogen-bond acceptors (Lipinski definition) is 6. The van der Waals surface area contributed by atoms with Gasteiger partial charge in [0.15, 0.2) is 0 Å². The number of esters is 3. The number of ether oxygens (including phenoxy) is 3. The molecule has 0 aliphatic carbocycles. The summed E-state index contributed by atoms with van der Waals surface area (Å²) >= 11 is 0. The van der Waals surface area contributed by atoms with Gasteiger partial charge in [-0.05, 0) is 5.56 Å². The monoisotopic (exact) mass is 312 g/mol. The molecule has 1 atom stereocenters. The Balaban J connectivity index is 3.40. The van der Waals surface area contributed by atoms with Gasteiger partial charge >= 0.3 is 23.6 Å². The molecule has 0 amide bonds. The van der Waals surface area contributed by atoms with E-state index in [0.717, 1.165) is 21.3 Å². The molecule has 0 fully saturated rings. The number of rotatable bonds is 6. The second-order valence-corrected chi connectivity index (χ2v) is 4.44. The second-order valence-electron chi connectivity index (χ2n) is 4.44. The molecule has 1 aromatic carbocycles. The number of methoxy groups -OCH3 is 3. The Bertz CT molecular complexity index is 526. The van der Waals surface area contributed by atoms with Crippen LogP contribution in [-0.2, 0) is 28.6 Å². The number of halogens is 1. The molecule has 120 valence electrons. The summed E-state index contributed by atoms with van der Waals surface area (Å²) in [5.41, 5.74) is -2.88. The normalized spacial score (nSPS) is 12.2. The molecule has 0 saturated heterocycles. The van der Waals surface area contributed by atoms with Gasteiger partial charge in [-0.15, -0.1) is 0 Å². The van der Waals surface area contributed by atoms with Crippen molar-refractivity contribution in [1.29, 1.82) is 0 Å². The van der Waals surface area contributed by atoms with Crippen molar-refractivity contribution in [2.45, 2.75) is 18.0 Å². The van der Waals surface area contributed by atoms with E-state index >= 15 is 4.39 Å². The van der Waals surface area contributed by atoms with Crippen molar-refractivity contribution in [2.75, 3.05) is 21.3 Å². The van der Waals surface area contributed by atoms with Gasteiger partial charge in [0.1, 0.15) is 0 Å². The molecule has 0 N–H and O–H groups in total. The molecular formula is C15H17FO6. The molecule has 0 radical (unpaired) electrons. The minimum atomic E-state index is -3.15. The Hall–Kier alpha value is -2.44. The minimum absolute atomic E-state index is 0.270. The zero-order valence-electron chi connectivity index (χ0n) is 12.5. The van der Waals surface area contributed by atoms with Crippen molar-refractivity contribution in [3.05, 3.63) is 35.9 Å². The van der Waals surface area contributed by atoms with Crippen LogP contribution in [0.2, 0.25) is 0 Å². The molecule has 0 spiro atoms. The van der Waals surface area contributed by atoms with E-state index < -0.39 is 35.9 Å². The van der Waals surface area contributed by atoms with Crippen LogP contribution in [0, 0.1) is 0 Å². The predicted molar refractivity (Wildman–Crippen MR) is 73.7 cm³/mol. The van der Waals surface area contributed by atoms with Crippen LogP contribution in [0.3, 0.4) is 0 Å². The standard InChI is InChI=1S/C15H17FO6/c1-20-12(17)9-11(10-7-5-4-6-8-10)15(16,13(18)21-2)14(19)22-3/h4-8,11H,9H2,1-3H3. The van der Waals surface area contributed by atoms with Gasteiger partial charge in [0.05, 0.1) is 33.7 Å². The van der Waals surface area contributed by atoms with Gasteiger partial charge in [-0.25, -0.2) is 14.0 Å². The van der Waals surface area contributed by atoms with E-state index in [4.69, 9.17) is 0 Å². The first kappa shape index (κ1) is 17.6. The lowest BCUT2D eigenvalue weighted by Gasteiger charge is -2.28. The summed E-state index contributed by atoms with van der Waals surface area (Å²) in [6, 6.07) is 7.85. The Kier molecular flexibility index (Phi) is 6.03. The second kappa shape index (κ2) is 7.53. The number of carbonyl (C=O) groups excluding carboxylic acids is 3. The molecule has 0 saturated carbocycles. The van der Waals surface area contributed by atoms with E-state index in [9.17, 15) is 14.4 Å². The number of alkyl halides is 1. The van der Waals surface area contributed by atoms with Gasteiger partial charge in [-0.3, -0.25) is 4.79 Å². The van der Waals surface area contributed by atoms with Gasteiger partial charge in [0.2, 0.25) is 0 Å². The fourth-order valence-corrected chi connectivity index (χ4v) is 2.09. The van der Waals surface area contributed by atoms with E-state index in [2.05, 4.69) is 14.2 Å². The van der Waals surface area contributed by atoms with Crippen LogP contribution < -0.4 is 0 Å². The number of carbonyl (C=O) groups is 3. The third-order valence-electron chi connectivity index (χ3n) is 3.25. The van der Waals surface area contributed by atoms with Crippen LogP contribution in [0.4, 0.5) is 4.39 Å². The highest BCUT2D eigenvalue weighted by Crippen LogP contribution is 2.37. The molecule has 22 heavy (non-hydrogen) atoms.